The van der Waals surface area contributed by atoms with Crippen LogP contribution in [0.4, 0.5) is 0 Å². The summed E-state index contributed by atoms with van der Waals surface area (Å²) in [6, 6.07) is 0.632. The Morgan fingerprint density at radius 3 is 1.61 bits per heavy atom. The van der Waals surface area contributed by atoms with Crippen LogP contribution in [0.2, 0.25) is 0 Å². The molecule has 346 valence electrons. The van der Waals surface area contributed by atoms with E-state index in [1.165, 1.54) is 77.0 Å². The fourth-order valence-electron chi connectivity index (χ4n) is 22.5. The Hall–Kier alpha value is -0.720. The zero-order valence-electron chi connectivity index (χ0n) is 40.6. The van der Waals surface area contributed by atoms with E-state index in [4.69, 9.17) is 0 Å². The van der Waals surface area contributed by atoms with Crippen LogP contribution in [0.15, 0.2) is 22.9 Å². The number of nitrogens with one attached hydrogen (secondary N) is 1. The van der Waals surface area contributed by atoms with Crippen molar-refractivity contribution in [3.63, 3.8) is 0 Å². The smallest absolute Gasteiger partial charge is 0.0502 e. The Balaban J connectivity index is 0.869. The van der Waals surface area contributed by atoms with E-state index in [2.05, 4.69) is 18.3 Å². The second kappa shape index (κ2) is 18.4. The summed E-state index contributed by atoms with van der Waals surface area (Å²) in [6.45, 7) is 2.62. The molecule has 0 aromatic rings. The molecule has 1 N–H and O–H groups in total. The van der Waals surface area contributed by atoms with E-state index in [-0.39, 0.29) is 0 Å². The lowest BCUT2D eigenvalue weighted by molar-refractivity contribution is -0.116. The van der Waals surface area contributed by atoms with Gasteiger partial charge in [0.25, 0.3) is 0 Å². The topological polar surface area (TPSA) is 12.0 Å². The monoisotopic (exact) mass is 844 g/mol. The first-order chi connectivity index (χ1) is 30.7. The predicted molar refractivity (Wildman–Crippen MR) is 260 cm³/mol. The van der Waals surface area contributed by atoms with Crippen LogP contribution in [0.3, 0.4) is 0 Å². The van der Waals surface area contributed by atoms with Crippen molar-refractivity contribution < 1.29 is 0 Å². The Morgan fingerprint density at radius 1 is 0.403 bits per heavy atom. The van der Waals surface area contributed by atoms with E-state index in [1.54, 1.807) is 166 Å². The molecule has 12 rings (SSSR count). The highest BCUT2D eigenvalue weighted by atomic mass is 15.0. The summed E-state index contributed by atoms with van der Waals surface area (Å²) in [5.41, 5.74) is 6.22. The molecule has 14 unspecified atom stereocenters. The van der Waals surface area contributed by atoms with Gasteiger partial charge in [0.05, 0.1) is 6.04 Å². The quantitative estimate of drug-likeness (QED) is 0.281. The lowest BCUT2D eigenvalue weighted by atomic mass is 9.44. The Labute approximate surface area is 383 Å². The molecule has 14 atom stereocenters. The van der Waals surface area contributed by atoms with Crippen LogP contribution in [0, 0.1) is 106 Å². The van der Waals surface area contributed by atoms with Gasteiger partial charge in [-0.3, -0.25) is 0 Å². The lowest BCUT2D eigenvalue weighted by Crippen LogP contribution is -2.55. The molecular formula is C61H97N. The highest BCUT2D eigenvalue weighted by Gasteiger charge is 2.66. The number of allylic oxidation sites excluding steroid dienone is 3. The number of hydrogen-bond acceptors (Lipinski definition) is 1. The molecule has 0 aromatic carbocycles. The fraction of sp³-hybridized carbons (Fsp3) is 0.934. The van der Waals surface area contributed by atoms with Crippen molar-refractivity contribution in [2.75, 3.05) is 0 Å². The summed E-state index contributed by atoms with van der Waals surface area (Å²) in [6.07, 6.45) is 60.7. The minimum absolute atomic E-state index is 0.632. The van der Waals surface area contributed by atoms with Gasteiger partial charge in [-0.1, -0.05) is 109 Å². The van der Waals surface area contributed by atoms with Crippen LogP contribution in [0.5, 0.6) is 0 Å². The molecule has 1 aliphatic heterocycles. The van der Waals surface area contributed by atoms with E-state index in [0.717, 1.165) is 106 Å². The van der Waals surface area contributed by atoms with Crippen LogP contribution in [0.1, 0.15) is 244 Å². The Bertz CT molecular complexity index is 1560. The maximum absolute atomic E-state index is 4.61. The third-order valence-corrected chi connectivity index (χ3v) is 24.5. The molecule has 1 nitrogen and oxygen atoms in total. The molecule has 0 bridgehead atoms. The van der Waals surface area contributed by atoms with Crippen molar-refractivity contribution in [3.05, 3.63) is 22.9 Å². The Morgan fingerprint density at radius 2 is 0.919 bits per heavy atom. The predicted octanol–water partition coefficient (Wildman–Crippen LogP) is 17.2. The van der Waals surface area contributed by atoms with Crippen LogP contribution < -0.4 is 5.32 Å². The molecular weight excluding hydrogens is 747 g/mol. The first-order valence-corrected chi connectivity index (χ1v) is 29.9. The van der Waals surface area contributed by atoms with Gasteiger partial charge in [-0.2, -0.15) is 0 Å². The minimum atomic E-state index is 0.632. The normalized spacial score (nSPS) is 46.0. The van der Waals surface area contributed by atoms with E-state index < -0.39 is 0 Å². The van der Waals surface area contributed by atoms with Crippen molar-refractivity contribution in [2.45, 2.75) is 251 Å². The third-order valence-electron chi connectivity index (χ3n) is 24.5. The van der Waals surface area contributed by atoms with Gasteiger partial charge in [0, 0.05) is 11.6 Å². The van der Waals surface area contributed by atoms with Crippen LogP contribution in [-0.4, -0.2) is 6.04 Å². The first-order valence-electron chi connectivity index (χ1n) is 29.9. The van der Waals surface area contributed by atoms with Crippen LogP contribution in [-0.2, 0) is 0 Å². The van der Waals surface area contributed by atoms with Crippen LogP contribution >= 0.6 is 0 Å². The van der Waals surface area contributed by atoms with Gasteiger partial charge >= 0.3 is 0 Å². The molecule has 62 heavy (non-hydrogen) atoms. The van der Waals surface area contributed by atoms with Gasteiger partial charge in [-0.25, -0.2) is 0 Å². The zero-order valence-corrected chi connectivity index (χ0v) is 40.6. The summed E-state index contributed by atoms with van der Waals surface area (Å²) >= 11 is 0. The average molecular weight is 844 g/mol. The van der Waals surface area contributed by atoms with Gasteiger partial charge in [-0.15, -0.1) is 0 Å². The molecule has 0 amide bonds. The molecule has 0 aromatic heterocycles. The highest BCUT2D eigenvalue weighted by molar-refractivity contribution is 5.39. The SMILES string of the molecule is CC1=C(C2CCCCC2)C=C(C2CCCC3C4CCCCC4C4CCC(C5CCC6C7CCCCC7C(C7CCCCC7)(C7CCCCC7)C6C5)CC4C23)NC1C1CCCCC1. The van der Waals surface area contributed by atoms with E-state index in [9.17, 15) is 0 Å². The number of dihydropyridines is 1. The summed E-state index contributed by atoms with van der Waals surface area (Å²) in [4.78, 5) is 0. The maximum atomic E-state index is 4.61. The van der Waals surface area contributed by atoms with Gasteiger partial charge < -0.3 is 5.32 Å². The molecule has 1 heteroatoms. The summed E-state index contributed by atoms with van der Waals surface area (Å²) < 4.78 is 0. The van der Waals surface area contributed by atoms with E-state index in [1.807, 2.05) is 11.3 Å². The molecule has 0 spiro atoms. The van der Waals surface area contributed by atoms with Crippen molar-refractivity contribution >= 4 is 0 Å². The van der Waals surface area contributed by atoms with Crippen molar-refractivity contribution in [2.24, 2.45) is 106 Å². The average Bonchev–Trinajstić information content (AvgIpc) is 3.65. The summed E-state index contributed by atoms with van der Waals surface area (Å²) in [7, 11) is 0. The molecule has 11 aliphatic carbocycles. The molecule has 0 radical (unpaired) electrons. The highest BCUT2D eigenvalue weighted by Crippen LogP contribution is 2.73. The van der Waals surface area contributed by atoms with Crippen molar-refractivity contribution in [1.29, 1.82) is 0 Å². The first kappa shape index (κ1) is 42.6. The molecule has 12 aliphatic rings. The number of hydrogen-bond donors (Lipinski definition) is 1. The summed E-state index contributed by atoms with van der Waals surface area (Å²) in [5, 5.41) is 4.61. The number of rotatable bonds is 6. The zero-order chi connectivity index (χ0) is 41.2. The van der Waals surface area contributed by atoms with Crippen molar-refractivity contribution in [1.82, 2.24) is 5.32 Å². The minimum Gasteiger partial charge on any atom is -0.381 e. The largest absolute Gasteiger partial charge is 0.381 e. The van der Waals surface area contributed by atoms with Gasteiger partial charge in [0.15, 0.2) is 0 Å². The number of fused-ring (bicyclic) bond motifs is 9. The molecule has 11 saturated carbocycles. The lowest BCUT2D eigenvalue weighted by Gasteiger charge is -2.61. The van der Waals surface area contributed by atoms with Gasteiger partial charge in [0.2, 0.25) is 0 Å². The Kier molecular flexibility index (Phi) is 12.7. The van der Waals surface area contributed by atoms with Gasteiger partial charge in [0.1, 0.15) is 0 Å². The second-order valence-corrected chi connectivity index (χ2v) is 26.5. The summed E-state index contributed by atoms with van der Waals surface area (Å²) in [5.74, 6) is 17.5. The second-order valence-electron chi connectivity index (χ2n) is 26.5. The van der Waals surface area contributed by atoms with E-state index >= 15 is 0 Å². The molecule has 1 heterocycles. The van der Waals surface area contributed by atoms with E-state index in [0.29, 0.717) is 6.04 Å². The standard InChI is InChI=1S/C61H97N/c1-40-54(41-19-6-2-7-20-41)39-58(62-60(40)42-21-8-3-9-22-42)53-31-18-30-52-48-28-15-14-27-47(48)49-35-33-43(37-55(49)59(52)53)44-34-36-51-50-29-16-17-32-56(50)61(57(51)38-44,45-23-10-4-11-24-45)46-25-12-5-13-26-46/h39,41-53,55-57,59-60,62H,2-38H2,1H3. The molecule has 0 saturated heterocycles. The third kappa shape index (κ3) is 7.37. The maximum Gasteiger partial charge on any atom is 0.0502 e. The fourth-order valence-corrected chi connectivity index (χ4v) is 22.5. The van der Waals surface area contributed by atoms with Crippen LogP contribution in [0.25, 0.3) is 0 Å². The van der Waals surface area contributed by atoms with Crippen molar-refractivity contribution in [3.8, 4) is 0 Å². The molecule has 11 fully saturated rings. The van der Waals surface area contributed by atoms with Gasteiger partial charge in [-0.05, 0) is 253 Å².